The first kappa shape index (κ1) is 16.6. The average molecular weight is 322 g/mol. The summed E-state index contributed by atoms with van der Waals surface area (Å²) in [5, 5.41) is 0. The molecule has 0 atom stereocenters. The first-order chi connectivity index (χ1) is 11.2. The molecule has 0 amide bonds. The first-order valence-corrected chi connectivity index (χ1v) is 8.89. The fourth-order valence-corrected chi connectivity index (χ4v) is 4.60. The number of allylic oxidation sites excluding steroid dienone is 1. The summed E-state index contributed by atoms with van der Waals surface area (Å²) in [7, 11) is 0. The summed E-state index contributed by atoms with van der Waals surface area (Å²) in [6, 6.07) is 4.35. The Morgan fingerprint density at radius 2 is 1.39 bits per heavy atom. The zero-order valence-corrected chi connectivity index (χ0v) is 13.5. The van der Waals surface area contributed by atoms with Gasteiger partial charge in [0.05, 0.1) is 6.33 Å². The van der Waals surface area contributed by atoms with Gasteiger partial charge in [0.1, 0.15) is 0 Å². The molecule has 0 heterocycles. The number of rotatable bonds is 3. The van der Waals surface area contributed by atoms with Gasteiger partial charge in [0, 0.05) is 0 Å². The second kappa shape index (κ2) is 7.55. The predicted molar refractivity (Wildman–Crippen MR) is 86.8 cm³/mol. The van der Waals surface area contributed by atoms with Crippen molar-refractivity contribution in [2.75, 3.05) is 0 Å². The highest BCUT2D eigenvalue weighted by Gasteiger charge is 2.31. The minimum Gasteiger partial charge on any atom is -0.216 e. The molecule has 0 nitrogen and oxygen atoms in total. The van der Waals surface area contributed by atoms with Crippen molar-refractivity contribution in [3.63, 3.8) is 0 Å². The maximum absolute atomic E-state index is 13.4. The number of hydrogen-bond donors (Lipinski definition) is 0. The summed E-state index contributed by atoms with van der Waals surface area (Å²) in [6.45, 7) is 0. The van der Waals surface area contributed by atoms with Gasteiger partial charge >= 0.3 is 0 Å². The van der Waals surface area contributed by atoms with Crippen LogP contribution in [0, 0.1) is 29.4 Å². The second-order valence-corrected chi connectivity index (χ2v) is 7.28. The molecular formula is C20H25F3. The molecule has 0 aromatic heterocycles. The molecule has 0 aliphatic heterocycles. The highest BCUT2D eigenvalue weighted by Crippen LogP contribution is 2.44. The van der Waals surface area contributed by atoms with Gasteiger partial charge in [-0.3, -0.25) is 0 Å². The van der Waals surface area contributed by atoms with Crippen LogP contribution in [0.15, 0.2) is 30.6 Å². The fraction of sp³-hybridized carbons (Fsp3) is 0.600. The molecule has 1 aromatic rings. The number of halogens is 3. The van der Waals surface area contributed by atoms with Gasteiger partial charge < -0.3 is 0 Å². The van der Waals surface area contributed by atoms with Gasteiger partial charge in [0.25, 0.3) is 0 Å². The summed E-state index contributed by atoms with van der Waals surface area (Å²) >= 11 is 0. The average Bonchev–Trinajstić information content (AvgIpc) is 2.59. The molecule has 0 spiro atoms. The van der Waals surface area contributed by atoms with Crippen molar-refractivity contribution in [1.29, 1.82) is 0 Å². The smallest absolute Gasteiger partial charge is 0.159 e. The van der Waals surface area contributed by atoms with Crippen molar-refractivity contribution in [3.8, 4) is 0 Å². The Hall–Kier alpha value is -1.25. The lowest BCUT2D eigenvalue weighted by atomic mass is 9.68. The van der Waals surface area contributed by atoms with Gasteiger partial charge in [-0.1, -0.05) is 12.1 Å². The van der Waals surface area contributed by atoms with Crippen molar-refractivity contribution in [2.45, 2.75) is 57.3 Å². The fourth-order valence-electron chi connectivity index (χ4n) is 4.60. The molecule has 23 heavy (non-hydrogen) atoms. The predicted octanol–water partition coefficient (Wildman–Crippen LogP) is 6.53. The lowest BCUT2D eigenvalue weighted by Crippen LogP contribution is -2.25. The largest absolute Gasteiger partial charge is 0.216 e. The summed E-state index contributed by atoms with van der Waals surface area (Å²) < 4.78 is 38.7. The molecule has 126 valence electrons. The normalized spacial score (nSPS) is 32.3. The Morgan fingerprint density at radius 1 is 0.783 bits per heavy atom. The highest BCUT2D eigenvalue weighted by atomic mass is 19.2. The van der Waals surface area contributed by atoms with Gasteiger partial charge in [0.15, 0.2) is 11.6 Å². The third-order valence-corrected chi connectivity index (χ3v) is 6.01. The van der Waals surface area contributed by atoms with E-state index >= 15 is 0 Å². The number of benzene rings is 1. The lowest BCUT2D eigenvalue weighted by Gasteiger charge is -2.37. The molecule has 0 radical (unpaired) electrons. The maximum Gasteiger partial charge on any atom is 0.159 e. The van der Waals surface area contributed by atoms with Crippen LogP contribution in [0.2, 0.25) is 0 Å². The van der Waals surface area contributed by atoms with E-state index in [-0.39, 0.29) is 0 Å². The first-order valence-electron chi connectivity index (χ1n) is 8.89. The van der Waals surface area contributed by atoms with Crippen LogP contribution in [0.5, 0.6) is 0 Å². The van der Waals surface area contributed by atoms with Crippen LogP contribution in [0.1, 0.15) is 62.8 Å². The molecular weight excluding hydrogens is 297 g/mol. The Morgan fingerprint density at radius 3 is 1.96 bits per heavy atom. The highest BCUT2D eigenvalue weighted by molar-refractivity contribution is 5.22. The van der Waals surface area contributed by atoms with Gasteiger partial charge in [-0.25, -0.2) is 13.2 Å². The molecule has 0 bridgehead atoms. The molecule has 2 saturated carbocycles. The van der Waals surface area contributed by atoms with Gasteiger partial charge in [0.2, 0.25) is 0 Å². The van der Waals surface area contributed by atoms with Gasteiger partial charge in [-0.2, -0.15) is 0 Å². The third kappa shape index (κ3) is 3.99. The summed E-state index contributed by atoms with van der Waals surface area (Å²) in [5.41, 5.74) is 0.944. The van der Waals surface area contributed by atoms with Crippen molar-refractivity contribution >= 4 is 0 Å². The number of hydrogen-bond acceptors (Lipinski definition) is 0. The Balaban J connectivity index is 1.51. The summed E-state index contributed by atoms with van der Waals surface area (Å²) in [6.07, 6.45) is 11.5. The molecule has 2 aliphatic rings. The Labute approximate surface area is 136 Å². The molecule has 0 saturated heterocycles. The van der Waals surface area contributed by atoms with Gasteiger partial charge in [-0.05, 0) is 92.7 Å². The molecule has 3 rings (SSSR count). The van der Waals surface area contributed by atoms with E-state index in [4.69, 9.17) is 0 Å². The van der Waals surface area contributed by atoms with Crippen molar-refractivity contribution < 1.29 is 13.2 Å². The topological polar surface area (TPSA) is 0 Å². The van der Waals surface area contributed by atoms with Crippen LogP contribution in [0.4, 0.5) is 13.2 Å². The summed E-state index contributed by atoms with van der Waals surface area (Å²) in [4.78, 5) is 0. The molecule has 1 aromatic carbocycles. The van der Waals surface area contributed by atoms with E-state index in [2.05, 4.69) is 0 Å². The van der Waals surface area contributed by atoms with Crippen molar-refractivity contribution in [1.82, 2.24) is 0 Å². The van der Waals surface area contributed by atoms with Crippen molar-refractivity contribution in [2.24, 2.45) is 17.8 Å². The van der Waals surface area contributed by atoms with E-state index in [1.54, 1.807) is 12.1 Å². The summed E-state index contributed by atoms with van der Waals surface area (Å²) in [5.74, 6) is 0.823. The quantitative estimate of drug-likeness (QED) is 0.593. The van der Waals surface area contributed by atoms with Crippen LogP contribution in [-0.2, 0) is 0 Å². The lowest BCUT2D eigenvalue weighted by molar-refractivity contribution is 0.171. The second-order valence-electron chi connectivity index (χ2n) is 7.28. The van der Waals surface area contributed by atoms with Crippen LogP contribution in [0.3, 0.4) is 0 Å². The van der Waals surface area contributed by atoms with Crippen LogP contribution in [-0.4, -0.2) is 0 Å². The van der Waals surface area contributed by atoms with E-state index in [0.29, 0.717) is 18.2 Å². The molecule has 3 heteroatoms. The Kier molecular flexibility index (Phi) is 5.45. The SMILES string of the molecule is FC=C[C@H]1CC[C@H]([C@H]2CC[C@H](c3ccc(F)c(F)c3)CC2)CC1. The third-order valence-electron chi connectivity index (χ3n) is 6.01. The van der Waals surface area contributed by atoms with E-state index in [9.17, 15) is 13.2 Å². The minimum absolute atomic E-state index is 0.368. The van der Waals surface area contributed by atoms with Gasteiger partial charge in [-0.15, -0.1) is 0 Å². The molecule has 0 N–H and O–H groups in total. The van der Waals surface area contributed by atoms with Crippen LogP contribution < -0.4 is 0 Å². The minimum atomic E-state index is -0.762. The van der Waals surface area contributed by atoms with E-state index < -0.39 is 11.6 Å². The van der Waals surface area contributed by atoms with Crippen molar-refractivity contribution in [3.05, 3.63) is 47.8 Å². The molecule has 0 unspecified atom stereocenters. The van der Waals surface area contributed by atoms with E-state index in [0.717, 1.165) is 43.1 Å². The van der Waals surface area contributed by atoms with E-state index in [1.165, 1.54) is 37.8 Å². The maximum atomic E-state index is 13.4. The molecule has 2 fully saturated rings. The Bertz CT molecular complexity index is 536. The zero-order valence-electron chi connectivity index (χ0n) is 13.5. The standard InChI is InChI=1S/C20H25F3/c21-12-11-14-1-3-15(4-2-14)16-5-7-17(8-6-16)18-9-10-19(22)20(23)13-18/h9-17H,1-8H2/t14-,15-,16-,17-. The zero-order chi connectivity index (χ0) is 16.2. The van der Waals surface area contributed by atoms with Crippen LogP contribution in [0.25, 0.3) is 0 Å². The monoisotopic (exact) mass is 322 g/mol. The van der Waals surface area contributed by atoms with E-state index in [1.807, 2.05) is 0 Å². The molecule has 2 aliphatic carbocycles. The van der Waals surface area contributed by atoms with Crippen LogP contribution >= 0.6 is 0 Å².